The number of carbonyl (C=O) groups excluding carboxylic acids is 1. The van der Waals surface area contributed by atoms with Crippen molar-refractivity contribution in [1.82, 2.24) is 10.6 Å². The summed E-state index contributed by atoms with van der Waals surface area (Å²) in [6, 6.07) is 6.36. The molecular formula is C16H21FN2OS. The van der Waals surface area contributed by atoms with Gasteiger partial charge in [0.1, 0.15) is 5.82 Å². The predicted octanol–water partition coefficient (Wildman–Crippen LogP) is 2.59. The zero-order chi connectivity index (χ0) is 15.1. The van der Waals surface area contributed by atoms with Crippen LogP contribution in [-0.4, -0.2) is 31.3 Å². The Morgan fingerprint density at radius 3 is 2.86 bits per heavy atom. The topological polar surface area (TPSA) is 41.1 Å². The molecule has 2 rings (SSSR count). The molecule has 0 spiro atoms. The Kier molecular flexibility index (Phi) is 6.26. The SMILES string of the molecule is CC(CSc1ccc(F)cc1)C(=O)NCC1=CCNCC1. The fourth-order valence-corrected chi connectivity index (χ4v) is 2.96. The third-order valence-electron chi connectivity index (χ3n) is 3.41. The minimum Gasteiger partial charge on any atom is -0.352 e. The van der Waals surface area contributed by atoms with E-state index in [9.17, 15) is 9.18 Å². The second-order valence-corrected chi connectivity index (χ2v) is 6.29. The first-order valence-corrected chi connectivity index (χ1v) is 8.18. The summed E-state index contributed by atoms with van der Waals surface area (Å²) in [7, 11) is 0. The lowest BCUT2D eigenvalue weighted by molar-refractivity contribution is -0.123. The second-order valence-electron chi connectivity index (χ2n) is 5.20. The van der Waals surface area contributed by atoms with Crippen LogP contribution >= 0.6 is 11.8 Å². The number of benzene rings is 1. The Labute approximate surface area is 129 Å². The van der Waals surface area contributed by atoms with Crippen LogP contribution < -0.4 is 10.6 Å². The van der Waals surface area contributed by atoms with Crippen molar-refractivity contribution in [2.75, 3.05) is 25.4 Å². The molecule has 114 valence electrons. The number of amides is 1. The number of carbonyl (C=O) groups is 1. The highest BCUT2D eigenvalue weighted by atomic mass is 32.2. The number of halogens is 1. The minimum atomic E-state index is -0.236. The van der Waals surface area contributed by atoms with Crippen LogP contribution in [0.15, 0.2) is 40.8 Å². The molecule has 1 heterocycles. The number of hydrogen-bond donors (Lipinski definition) is 2. The van der Waals surface area contributed by atoms with Gasteiger partial charge in [0.2, 0.25) is 5.91 Å². The van der Waals surface area contributed by atoms with Crippen molar-refractivity contribution >= 4 is 17.7 Å². The molecule has 5 heteroatoms. The maximum Gasteiger partial charge on any atom is 0.223 e. The van der Waals surface area contributed by atoms with E-state index in [2.05, 4.69) is 16.7 Å². The van der Waals surface area contributed by atoms with Crippen molar-refractivity contribution in [2.45, 2.75) is 18.2 Å². The van der Waals surface area contributed by atoms with Crippen LogP contribution in [0.25, 0.3) is 0 Å². The zero-order valence-electron chi connectivity index (χ0n) is 12.2. The lowest BCUT2D eigenvalue weighted by Gasteiger charge is -2.16. The van der Waals surface area contributed by atoms with Gasteiger partial charge in [-0.25, -0.2) is 4.39 Å². The first kappa shape index (κ1) is 16.0. The first-order valence-electron chi connectivity index (χ1n) is 7.20. The molecule has 2 N–H and O–H groups in total. The van der Waals surface area contributed by atoms with E-state index in [1.54, 1.807) is 23.9 Å². The van der Waals surface area contributed by atoms with Gasteiger partial charge in [0.15, 0.2) is 0 Å². The smallest absolute Gasteiger partial charge is 0.223 e. The highest BCUT2D eigenvalue weighted by Gasteiger charge is 2.14. The van der Waals surface area contributed by atoms with Gasteiger partial charge in [-0.3, -0.25) is 4.79 Å². The Morgan fingerprint density at radius 1 is 1.43 bits per heavy atom. The second kappa shape index (κ2) is 8.20. The minimum absolute atomic E-state index is 0.0673. The molecule has 0 aliphatic carbocycles. The quantitative estimate of drug-likeness (QED) is 0.627. The van der Waals surface area contributed by atoms with E-state index in [0.29, 0.717) is 12.3 Å². The Hall–Kier alpha value is -1.33. The van der Waals surface area contributed by atoms with E-state index in [0.717, 1.165) is 24.4 Å². The van der Waals surface area contributed by atoms with Crippen LogP contribution in [0.2, 0.25) is 0 Å². The standard InChI is InChI=1S/C16H21FN2OS/c1-12(11-21-15-4-2-14(17)3-5-15)16(20)19-10-13-6-8-18-9-7-13/h2-6,12,18H,7-11H2,1H3,(H,19,20). The van der Waals surface area contributed by atoms with Crippen LogP contribution in [0.5, 0.6) is 0 Å². The zero-order valence-corrected chi connectivity index (χ0v) is 13.0. The van der Waals surface area contributed by atoms with Gasteiger partial charge in [0.05, 0.1) is 0 Å². The fourth-order valence-electron chi connectivity index (χ4n) is 2.03. The summed E-state index contributed by atoms with van der Waals surface area (Å²) in [6.45, 7) is 4.44. The maximum atomic E-state index is 12.8. The summed E-state index contributed by atoms with van der Waals surface area (Å²) in [6.07, 6.45) is 3.14. The average Bonchev–Trinajstić information content (AvgIpc) is 2.52. The molecule has 0 saturated heterocycles. The Balaban J connectivity index is 1.71. The van der Waals surface area contributed by atoms with E-state index in [1.807, 2.05) is 6.92 Å². The summed E-state index contributed by atoms with van der Waals surface area (Å²) in [5.41, 5.74) is 1.29. The van der Waals surface area contributed by atoms with Crippen molar-refractivity contribution in [2.24, 2.45) is 5.92 Å². The van der Waals surface area contributed by atoms with E-state index < -0.39 is 0 Å². The van der Waals surface area contributed by atoms with Gasteiger partial charge in [0.25, 0.3) is 0 Å². The van der Waals surface area contributed by atoms with E-state index in [-0.39, 0.29) is 17.6 Å². The molecule has 1 aliphatic rings. The lowest BCUT2D eigenvalue weighted by Crippen LogP contribution is -2.33. The van der Waals surface area contributed by atoms with Crippen molar-refractivity contribution in [3.8, 4) is 0 Å². The van der Waals surface area contributed by atoms with Gasteiger partial charge >= 0.3 is 0 Å². The summed E-state index contributed by atoms with van der Waals surface area (Å²) in [5.74, 6) is 0.463. The summed E-state index contributed by atoms with van der Waals surface area (Å²) >= 11 is 1.57. The largest absolute Gasteiger partial charge is 0.352 e. The third kappa shape index (κ3) is 5.52. The molecule has 21 heavy (non-hydrogen) atoms. The van der Waals surface area contributed by atoms with Gasteiger partial charge in [0, 0.05) is 29.7 Å². The normalized spacial score (nSPS) is 16.2. The molecule has 0 bridgehead atoms. The molecule has 0 fully saturated rings. The highest BCUT2D eigenvalue weighted by molar-refractivity contribution is 7.99. The van der Waals surface area contributed by atoms with Crippen LogP contribution in [0.4, 0.5) is 4.39 Å². The van der Waals surface area contributed by atoms with Crippen molar-refractivity contribution in [3.05, 3.63) is 41.7 Å². The van der Waals surface area contributed by atoms with Gasteiger partial charge < -0.3 is 10.6 Å². The third-order valence-corrected chi connectivity index (χ3v) is 4.68. The van der Waals surface area contributed by atoms with E-state index >= 15 is 0 Å². The molecule has 0 radical (unpaired) electrons. The predicted molar refractivity (Wildman–Crippen MR) is 84.9 cm³/mol. The van der Waals surface area contributed by atoms with Crippen molar-refractivity contribution in [3.63, 3.8) is 0 Å². The molecular weight excluding hydrogens is 287 g/mol. The van der Waals surface area contributed by atoms with E-state index in [4.69, 9.17) is 0 Å². The Morgan fingerprint density at radius 2 is 2.19 bits per heavy atom. The highest BCUT2D eigenvalue weighted by Crippen LogP contribution is 2.21. The molecule has 1 atom stereocenters. The van der Waals surface area contributed by atoms with Crippen molar-refractivity contribution < 1.29 is 9.18 Å². The average molecular weight is 308 g/mol. The van der Waals surface area contributed by atoms with Gasteiger partial charge in [-0.15, -0.1) is 11.8 Å². The maximum absolute atomic E-state index is 12.8. The number of thioether (sulfide) groups is 1. The molecule has 0 saturated carbocycles. The molecule has 1 amide bonds. The molecule has 3 nitrogen and oxygen atoms in total. The van der Waals surface area contributed by atoms with Crippen LogP contribution in [0.1, 0.15) is 13.3 Å². The number of hydrogen-bond acceptors (Lipinski definition) is 3. The molecule has 1 unspecified atom stereocenters. The van der Waals surface area contributed by atoms with Crippen LogP contribution in [0, 0.1) is 11.7 Å². The van der Waals surface area contributed by atoms with Gasteiger partial charge in [-0.1, -0.05) is 18.6 Å². The summed E-state index contributed by atoms with van der Waals surface area (Å²) in [4.78, 5) is 13.0. The Bertz CT molecular complexity index is 502. The fraction of sp³-hybridized carbons (Fsp3) is 0.438. The molecule has 1 aromatic rings. The van der Waals surface area contributed by atoms with Gasteiger partial charge in [-0.05, 0) is 37.2 Å². The number of rotatable bonds is 6. The van der Waals surface area contributed by atoms with Crippen LogP contribution in [-0.2, 0) is 4.79 Å². The summed E-state index contributed by atoms with van der Waals surface area (Å²) in [5, 5.41) is 6.24. The first-order chi connectivity index (χ1) is 10.1. The molecule has 1 aromatic carbocycles. The molecule has 1 aliphatic heterocycles. The van der Waals surface area contributed by atoms with Crippen molar-refractivity contribution in [1.29, 1.82) is 0 Å². The number of nitrogens with one attached hydrogen (secondary N) is 2. The van der Waals surface area contributed by atoms with Crippen LogP contribution in [0.3, 0.4) is 0 Å². The van der Waals surface area contributed by atoms with E-state index in [1.165, 1.54) is 17.7 Å². The lowest BCUT2D eigenvalue weighted by atomic mass is 10.1. The monoisotopic (exact) mass is 308 g/mol. The molecule has 0 aromatic heterocycles. The van der Waals surface area contributed by atoms with Gasteiger partial charge in [-0.2, -0.15) is 0 Å². The summed E-state index contributed by atoms with van der Waals surface area (Å²) < 4.78 is 12.8.